The summed E-state index contributed by atoms with van der Waals surface area (Å²) >= 11 is 0. The molecule has 1 atom stereocenters. The smallest absolute Gasteiger partial charge is 0.231 e. The molecule has 2 aromatic rings. The van der Waals surface area contributed by atoms with Crippen molar-refractivity contribution in [2.75, 3.05) is 21.0 Å². The Balaban J connectivity index is 1.99. The van der Waals surface area contributed by atoms with Gasteiger partial charge in [0.15, 0.2) is 17.3 Å². The van der Waals surface area contributed by atoms with Crippen LogP contribution in [0.2, 0.25) is 0 Å². The Hall–Kier alpha value is -3.20. The first kappa shape index (κ1) is 16.7. The van der Waals surface area contributed by atoms with Crippen LogP contribution in [0.3, 0.4) is 0 Å². The molecule has 0 aromatic heterocycles. The second kappa shape index (κ2) is 6.73. The van der Waals surface area contributed by atoms with Crippen molar-refractivity contribution in [2.24, 2.45) is 0 Å². The molecular weight excluding hydrogens is 322 g/mol. The van der Waals surface area contributed by atoms with Gasteiger partial charge in [-0.15, -0.1) is 0 Å². The number of nitrogens with zero attached hydrogens (tertiary/aromatic N) is 1. The van der Waals surface area contributed by atoms with Gasteiger partial charge < -0.3 is 18.9 Å². The van der Waals surface area contributed by atoms with Crippen LogP contribution in [0.4, 0.5) is 0 Å². The van der Waals surface area contributed by atoms with Gasteiger partial charge in [0.1, 0.15) is 11.7 Å². The Kier molecular flexibility index (Phi) is 4.48. The number of ether oxygens (including phenoxy) is 4. The van der Waals surface area contributed by atoms with Gasteiger partial charge in [0.05, 0.1) is 20.3 Å². The van der Waals surface area contributed by atoms with E-state index in [1.54, 1.807) is 37.4 Å². The van der Waals surface area contributed by atoms with Crippen molar-refractivity contribution in [2.45, 2.75) is 12.8 Å². The van der Waals surface area contributed by atoms with E-state index < -0.39 is 5.92 Å². The molecule has 0 N–H and O–H groups in total. The van der Waals surface area contributed by atoms with E-state index in [-0.39, 0.29) is 12.6 Å². The summed E-state index contributed by atoms with van der Waals surface area (Å²) in [5.74, 6) is 0.799. The standard InChI is InChI=1S/C19H17NO5/c1-11-6-12(4-5-15(11)22-2)18(21)14(9-20)13-7-16(23-3)19-17(8-13)24-10-25-19/h4-8,14H,10H2,1-3H3. The summed E-state index contributed by atoms with van der Waals surface area (Å²) in [6, 6.07) is 10.4. The summed E-state index contributed by atoms with van der Waals surface area (Å²) < 4.78 is 21.2. The molecule has 0 saturated carbocycles. The van der Waals surface area contributed by atoms with Crippen LogP contribution in [-0.2, 0) is 0 Å². The number of rotatable bonds is 5. The predicted molar refractivity (Wildman–Crippen MR) is 89.5 cm³/mol. The maximum atomic E-state index is 12.9. The van der Waals surface area contributed by atoms with Crippen molar-refractivity contribution in [3.8, 4) is 29.1 Å². The van der Waals surface area contributed by atoms with Crippen molar-refractivity contribution in [3.05, 3.63) is 47.0 Å². The first-order valence-electron chi connectivity index (χ1n) is 7.65. The van der Waals surface area contributed by atoms with E-state index in [9.17, 15) is 10.1 Å². The summed E-state index contributed by atoms with van der Waals surface area (Å²) in [6.07, 6.45) is 0. The zero-order valence-corrected chi connectivity index (χ0v) is 14.2. The van der Waals surface area contributed by atoms with Gasteiger partial charge in [-0.2, -0.15) is 5.26 Å². The lowest BCUT2D eigenvalue weighted by molar-refractivity contribution is 0.0978. The van der Waals surface area contributed by atoms with Gasteiger partial charge in [0, 0.05) is 5.56 Å². The van der Waals surface area contributed by atoms with Crippen molar-refractivity contribution in [3.63, 3.8) is 0 Å². The van der Waals surface area contributed by atoms with Gasteiger partial charge in [-0.3, -0.25) is 4.79 Å². The lowest BCUT2D eigenvalue weighted by Crippen LogP contribution is -2.12. The normalized spacial score (nSPS) is 13.0. The molecule has 1 unspecified atom stereocenters. The molecule has 1 heterocycles. The maximum absolute atomic E-state index is 12.9. The van der Waals surface area contributed by atoms with Crippen molar-refractivity contribution in [1.29, 1.82) is 5.26 Å². The average Bonchev–Trinajstić information content (AvgIpc) is 3.10. The van der Waals surface area contributed by atoms with E-state index in [1.165, 1.54) is 7.11 Å². The quantitative estimate of drug-likeness (QED) is 0.778. The number of nitriles is 1. The molecule has 3 rings (SSSR count). The monoisotopic (exact) mass is 339 g/mol. The third kappa shape index (κ3) is 2.96. The number of hydrogen-bond donors (Lipinski definition) is 0. The van der Waals surface area contributed by atoms with E-state index in [0.29, 0.717) is 34.1 Å². The molecule has 0 saturated heterocycles. The summed E-state index contributed by atoms with van der Waals surface area (Å²) in [5.41, 5.74) is 1.77. The first-order valence-corrected chi connectivity index (χ1v) is 7.65. The van der Waals surface area contributed by atoms with Crippen LogP contribution < -0.4 is 18.9 Å². The fourth-order valence-corrected chi connectivity index (χ4v) is 2.80. The van der Waals surface area contributed by atoms with Gasteiger partial charge in [-0.05, 0) is 48.4 Å². The average molecular weight is 339 g/mol. The van der Waals surface area contributed by atoms with Gasteiger partial charge in [0.25, 0.3) is 0 Å². The molecule has 2 aromatic carbocycles. The van der Waals surface area contributed by atoms with Crippen molar-refractivity contribution < 1.29 is 23.7 Å². The highest BCUT2D eigenvalue weighted by molar-refractivity contribution is 6.03. The number of aryl methyl sites for hydroxylation is 1. The minimum absolute atomic E-state index is 0.0813. The van der Waals surface area contributed by atoms with E-state index in [0.717, 1.165) is 5.56 Å². The molecule has 1 aliphatic rings. The third-order valence-electron chi connectivity index (χ3n) is 4.08. The summed E-state index contributed by atoms with van der Waals surface area (Å²) in [4.78, 5) is 12.9. The molecule has 6 nitrogen and oxygen atoms in total. The second-order valence-electron chi connectivity index (χ2n) is 5.57. The molecule has 0 fully saturated rings. The Morgan fingerprint density at radius 2 is 1.92 bits per heavy atom. The predicted octanol–water partition coefficient (Wildman–Crippen LogP) is 3.23. The zero-order valence-electron chi connectivity index (χ0n) is 14.2. The topological polar surface area (TPSA) is 77.8 Å². The van der Waals surface area contributed by atoms with Crippen molar-refractivity contribution >= 4 is 5.78 Å². The number of methoxy groups -OCH3 is 2. The maximum Gasteiger partial charge on any atom is 0.231 e. The number of Topliss-reactive ketones (excluding diaryl/α,β-unsaturated/α-hetero) is 1. The number of hydrogen-bond acceptors (Lipinski definition) is 6. The minimum atomic E-state index is -0.976. The van der Waals surface area contributed by atoms with Gasteiger partial charge >= 0.3 is 0 Å². The van der Waals surface area contributed by atoms with Crippen LogP contribution in [-0.4, -0.2) is 26.8 Å². The Bertz CT molecular complexity index is 869. The van der Waals surface area contributed by atoms with Gasteiger partial charge in [0.2, 0.25) is 12.5 Å². The van der Waals surface area contributed by atoms with E-state index in [4.69, 9.17) is 18.9 Å². The fourth-order valence-electron chi connectivity index (χ4n) is 2.80. The molecule has 6 heteroatoms. The molecule has 1 aliphatic heterocycles. The number of fused-ring (bicyclic) bond motifs is 1. The molecule has 0 amide bonds. The van der Waals surface area contributed by atoms with Crippen molar-refractivity contribution in [1.82, 2.24) is 0 Å². The highest BCUT2D eigenvalue weighted by Gasteiger charge is 2.27. The van der Waals surface area contributed by atoms with Crippen LogP contribution in [0.25, 0.3) is 0 Å². The fraction of sp³-hybridized carbons (Fsp3) is 0.263. The van der Waals surface area contributed by atoms with Gasteiger partial charge in [-0.25, -0.2) is 0 Å². The SMILES string of the molecule is COc1ccc(C(=O)C(C#N)c2cc(OC)c3c(c2)OCO3)cc1C. The van der Waals surface area contributed by atoms with E-state index in [2.05, 4.69) is 6.07 Å². The van der Waals surface area contributed by atoms with E-state index in [1.807, 2.05) is 6.92 Å². The van der Waals surface area contributed by atoms with Gasteiger partial charge in [-0.1, -0.05) is 0 Å². The summed E-state index contributed by atoms with van der Waals surface area (Å²) in [7, 11) is 3.07. The number of carbonyl (C=O) groups is 1. The molecular formula is C19H17NO5. The largest absolute Gasteiger partial charge is 0.496 e. The summed E-state index contributed by atoms with van der Waals surface area (Å²) in [5, 5.41) is 9.58. The van der Waals surface area contributed by atoms with Crippen LogP contribution in [0.15, 0.2) is 30.3 Å². The number of ketones is 1. The van der Waals surface area contributed by atoms with Crippen LogP contribution in [0.1, 0.15) is 27.4 Å². The Morgan fingerprint density at radius 1 is 1.16 bits per heavy atom. The summed E-state index contributed by atoms with van der Waals surface area (Å²) in [6.45, 7) is 1.93. The number of benzene rings is 2. The molecule has 25 heavy (non-hydrogen) atoms. The molecule has 0 radical (unpaired) electrons. The number of carbonyl (C=O) groups excluding carboxylic acids is 1. The van der Waals surface area contributed by atoms with E-state index >= 15 is 0 Å². The Morgan fingerprint density at radius 3 is 2.56 bits per heavy atom. The highest BCUT2D eigenvalue weighted by Crippen LogP contribution is 2.43. The molecule has 0 spiro atoms. The van der Waals surface area contributed by atoms with Crippen LogP contribution >= 0.6 is 0 Å². The first-order chi connectivity index (χ1) is 12.1. The highest BCUT2D eigenvalue weighted by atomic mass is 16.7. The lowest BCUT2D eigenvalue weighted by Gasteiger charge is -2.13. The molecule has 0 aliphatic carbocycles. The second-order valence-corrected chi connectivity index (χ2v) is 5.57. The molecule has 128 valence electrons. The van der Waals surface area contributed by atoms with Crippen LogP contribution in [0, 0.1) is 18.3 Å². The molecule has 0 bridgehead atoms. The Labute approximate surface area is 145 Å². The zero-order chi connectivity index (χ0) is 18.0. The minimum Gasteiger partial charge on any atom is -0.496 e. The lowest BCUT2D eigenvalue weighted by atomic mass is 9.90. The third-order valence-corrected chi connectivity index (χ3v) is 4.08. The van der Waals surface area contributed by atoms with Crippen LogP contribution in [0.5, 0.6) is 23.0 Å².